The topological polar surface area (TPSA) is 20.2 Å². The third-order valence-electron chi connectivity index (χ3n) is 2.15. The summed E-state index contributed by atoms with van der Waals surface area (Å²) in [4.78, 5) is 0. The summed E-state index contributed by atoms with van der Waals surface area (Å²) in [5.41, 5.74) is 1.85. The second kappa shape index (κ2) is 2.31. The first-order valence-corrected chi connectivity index (χ1v) is 3.74. The Morgan fingerprint density at radius 3 is 3.09 bits per heavy atom. The number of rotatable bonds is 0. The first-order chi connectivity index (χ1) is 5.27. The van der Waals surface area contributed by atoms with Gasteiger partial charge in [0.2, 0.25) is 0 Å². The second-order valence-electron chi connectivity index (χ2n) is 2.90. The van der Waals surface area contributed by atoms with E-state index in [1.807, 2.05) is 0 Å². The molecule has 1 atom stereocenters. The molecule has 0 saturated carbocycles. The summed E-state index contributed by atoms with van der Waals surface area (Å²) in [6.07, 6.45) is 1.16. The Morgan fingerprint density at radius 2 is 2.27 bits per heavy atom. The van der Waals surface area contributed by atoms with Gasteiger partial charge in [0.1, 0.15) is 5.82 Å². The minimum Gasteiger partial charge on any atom is -0.388 e. The van der Waals surface area contributed by atoms with Gasteiger partial charge in [-0.15, -0.1) is 0 Å². The molecule has 0 aliphatic heterocycles. The number of hydrogen-bond acceptors (Lipinski definition) is 1. The summed E-state index contributed by atoms with van der Waals surface area (Å²) in [5.74, 6) is -0.210. The summed E-state index contributed by atoms with van der Waals surface area (Å²) >= 11 is 0. The van der Waals surface area contributed by atoms with Gasteiger partial charge in [0.15, 0.2) is 0 Å². The molecule has 0 unspecified atom stereocenters. The number of benzene rings is 1. The molecule has 1 aliphatic carbocycles. The van der Waals surface area contributed by atoms with Crippen molar-refractivity contribution in [3.63, 3.8) is 0 Å². The van der Waals surface area contributed by atoms with E-state index in [2.05, 4.69) is 0 Å². The van der Waals surface area contributed by atoms with Gasteiger partial charge in [-0.05, 0) is 36.1 Å². The summed E-state index contributed by atoms with van der Waals surface area (Å²) < 4.78 is 12.6. The zero-order valence-corrected chi connectivity index (χ0v) is 6.05. The van der Waals surface area contributed by atoms with Crippen LogP contribution < -0.4 is 0 Å². The number of fused-ring (bicyclic) bond motifs is 1. The fourth-order valence-corrected chi connectivity index (χ4v) is 1.56. The molecule has 58 valence electrons. The van der Waals surface area contributed by atoms with E-state index >= 15 is 0 Å². The lowest BCUT2D eigenvalue weighted by Gasteiger charge is -2.01. The van der Waals surface area contributed by atoms with Crippen LogP contribution in [0.25, 0.3) is 0 Å². The number of aliphatic hydroxyl groups excluding tert-OH is 1. The van der Waals surface area contributed by atoms with Crippen LogP contribution in [0.1, 0.15) is 23.7 Å². The molecule has 0 saturated heterocycles. The monoisotopic (exact) mass is 152 g/mol. The Labute approximate surface area is 64.5 Å². The van der Waals surface area contributed by atoms with Crippen molar-refractivity contribution in [3.05, 3.63) is 35.1 Å². The molecule has 0 fully saturated rings. The number of aliphatic hydroxyl groups is 1. The van der Waals surface area contributed by atoms with Crippen LogP contribution >= 0.6 is 0 Å². The molecule has 0 spiro atoms. The van der Waals surface area contributed by atoms with E-state index in [4.69, 9.17) is 0 Å². The third-order valence-corrected chi connectivity index (χ3v) is 2.15. The molecule has 0 amide bonds. The molecule has 1 aromatic carbocycles. The Hall–Kier alpha value is -0.890. The van der Waals surface area contributed by atoms with Crippen molar-refractivity contribution in [2.45, 2.75) is 18.9 Å². The van der Waals surface area contributed by atoms with E-state index in [9.17, 15) is 9.50 Å². The van der Waals surface area contributed by atoms with E-state index in [-0.39, 0.29) is 11.9 Å². The smallest absolute Gasteiger partial charge is 0.123 e. The second-order valence-corrected chi connectivity index (χ2v) is 2.90. The van der Waals surface area contributed by atoms with Crippen LogP contribution in [0.15, 0.2) is 18.2 Å². The van der Waals surface area contributed by atoms with Crippen LogP contribution in [-0.2, 0) is 6.42 Å². The van der Waals surface area contributed by atoms with E-state index < -0.39 is 0 Å². The first kappa shape index (κ1) is 6.80. The van der Waals surface area contributed by atoms with Gasteiger partial charge in [-0.25, -0.2) is 4.39 Å². The fourth-order valence-electron chi connectivity index (χ4n) is 1.56. The molecular weight excluding hydrogens is 143 g/mol. The zero-order chi connectivity index (χ0) is 7.84. The first-order valence-electron chi connectivity index (χ1n) is 3.74. The Kier molecular flexibility index (Phi) is 1.43. The molecule has 0 heterocycles. The maximum Gasteiger partial charge on any atom is 0.123 e. The lowest BCUT2D eigenvalue weighted by atomic mass is 10.1. The van der Waals surface area contributed by atoms with E-state index in [0.29, 0.717) is 0 Å². The highest BCUT2D eigenvalue weighted by molar-refractivity contribution is 5.33. The Morgan fingerprint density at radius 1 is 1.45 bits per heavy atom. The van der Waals surface area contributed by atoms with Crippen molar-refractivity contribution in [1.82, 2.24) is 0 Å². The van der Waals surface area contributed by atoms with Crippen molar-refractivity contribution >= 4 is 0 Å². The van der Waals surface area contributed by atoms with Gasteiger partial charge < -0.3 is 5.11 Å². The summed E-state index contributed by atoms with van der Waals surface area (Å²) in [5, 5.41) is 9.35. The lowest BCUT2D eigenvalue weighted by Crippen LogP contribution is -1.89. The Balaban J connectivity index is 2.50. The zero-order valence-electron chi connectivity index (χ0n) is 6.05. The van der Waals surface area contributed by atoms with Crippen molar-refractivity contribution in [1.29, 1.82) is 0 Å². The largest absolute Gasteiger partial charge is 0.388 e. The van der Waals surface area contributed by atoms with Gasteiger partial charge in [0.25, 0.3) is 0 Å². The molecular formula is C9H9FO. The van der Waals surface area contributed by atoms with E-state index in [1.54, 1.807) is 6.07 Å². The van der Waals surface area contributed by atoms with Gasteiger partial charge in [-0.2, -0.15) is 0 Å². The summed E-state index contributed by atoms with van der Waals surface area (Å²) in [7, 11) is 0. The number of hydrogen-bond donors (Lipinski definition) is 1. The Bertz CT molecular complexity index is 283. The van der Waals surface area contributed by atoms with Crippen molar-refractivity contribution in [2.75, 3.05) is 0 Å². The number of halogens is 1. The van der Waals surface area contributed by atoms with Crippen molar-refractivity contribution < 1.29 is 9.50 Å². The number of aryl methyl sites for hydroxylation is 1. The maximum atomic E-state index is 12.6. The highest BCUT2D eigenvalue weighted by atomic mass is 19.1. The predicted octanol–water partition coefficient (Wildman–Crippen LogP) is 1.81. The highest BCUT2D eigenvalue weighted by Crippen LogP contribution is 2.30. The van der Waals surface area contributed by atoms with Gasteiger partial charge in [-0.3, -0.25) is 0 Å². The van der Waals surface area contributed by atoms with Gasteiger partial charge in [-0.1, -0.05) is 6.07 Å². The van der Waals surface area contributed by atoms with Crippen molar-refractivity contribution in [2.24, 2.45) is 0 Å². The maximum absolute atomic E-state index is 12.6. The lowest BCUT2D eigenvalue weighted by molar-refractivity contribution is 0.180. The fraction of sp³-hybridized carbons (Fsp3) is 0.333. The van der Waals surface area contributed by atoms with Crippen LogP contribution in [0, 0.1) is 5.82 Å². The van der Waals surface area contributed by atoms with Gasteiger partial charge >= 0.3 is 0 Å². The molecule has 1 aromatic rings. The molecule has 0 bridgehead atoms. The van der Waals surface area contributed by atoms with Crippen LogP contribution in [0.3, 0.4) is 0 Å². The SMILES string of the molecule is O[C@H]1CCc2cc(F)ccc21. The predicted molar refractivity (Wildman–Crippen MR) is 39.7 cm³/mol. The average molecular weight is 152 g/mol. The summed E-state index contributed by atoms with van der Waals surface area (Å²) in [6, 6.07) is 4.57. The summed E-state index contributed by atoms with van der Waals surface area (Å²) in [6.45, 7) is 0. The molecule has 1 N–H and O–H groups in total. The average Bonchev–Trinajstić information content (AvgIpc) is 2.32. The molecule has 2 rings (SSSR count). The normalized spacial score (nSPS) is 21.8. The van der Waals surface area contributed by atoms with E-state index in [0.717, 1.165) is 24.0 Å². The quantitative estimate of drug-likeness (QED) is 0.601. The highest BCUT2D eigenvalue weighted by Gasteiger charge is 2.19. The van der Waals surface area contributed by atoms with Crippen molar-refractivity contribution in [3.8, 4) is 0 Å². The van der Waals surface area contributed by atoms with Crippen LogP contribution in [0.5, 0.6) is 0 Å². The standard InChI is InChI=1S/C9H9FO/c10-7-2-3-8-6(5-7)1-4-9(8)11/h2-3,5,9,11H,1,4H2/t9-/m0/s1. The molecule has 1 aliphatic rings. The van der Waals surface area contributed by atoms with Crippen LogP contribution in [0.4, 0.5) is 4.39 Å². The molecule has 0 aromatic heterocycles. The third kappa shape index (κ3) is 1.03. The van der Waals surface area contributed by atoms with Gasteiger partial charge in [0, 0.05) is 0 Å². The van der Waals surface area contributed by atoms with Crippen LogP contribution in [-0.4, -0.2) is 5.11 Å². The minimum atomic E-state index is -0.370. The molecule has 11 heavy (non-hydrogen) atoms. The molecule has 1 nitrogen and oxygen atoms in total. The van der Waals surface area contributed by atoms with Crippen LogP contribution in [0.2, 0.25) is 0 Å². The minimum absolute atomic E-state index is 0.210. The van der Waals surface area contributed by atoms with E-state index in [1.165, 1.54) is 12.1 Å². The molecule has 2 heteroatoms. The molecule has 0 radical (unpaired) electrons. The van der Waals surface area contributed by atoms with Gasteiger partial charge in [0.05, 0.1) is 6.10 Å².